The van der Waals surface area contributed by atoms with Crippen molar-refractivity contribution in [1.82, 2.24) is 19.7 Å². The van der Waals surface area contributed by atoms with E-state index in [1.807, 2.05) is 0 Å². The summed E-state index contributed by atoms with van der Waals surface area (Å²) in [7, 11) is 1.22. The summed E-state index contributed by atoms with van der Waals surface area (Å²) in [6, 6.07) is 6.15. The monoisotopic (exact) mass is 477 g/mol. The molecule has 0 atom stereocenters. The van der Waals surface area contributed by atoms with Crippen molar-refractivity contribution in [2.24, 2.45) is 0 Å². The molecule has 9 nitrogen and oxygen atoms in total. The predicted octanol–water partition coefficient (Wildman–Crippen LogP) is 3.76. The summed E-state index contributed by atoms with van der Waals surface area (Å²) < 4.78 is 43.4. The van der Waals surface area contributed by atoms with Crippen LogP contribution in [-0.2, 0) is 6.42 Å². The molecule has 1 amide bonds. The maximum absolute atomic E-state index is 14.3. The molecule has 0 aliphatic carbocycles. The van der Waals surface area contributed by atoms with Crippen LogP contribution in [0.5, 0.6) is 0 Å². The first-order chi connectivity index (χ1) is 15.6. The molecular weight excluding hydrogens is 463 g/mol. The van der Waals surface area contributed by atoms with Crippen molar-refractivity contribution in [3.05, 3.63) is 64.1 Å². The van der Waals surface area contributed by atoms with Crippen LogP contribution in [0.2, 0.25) is 5.02 Å². The van der Waals surface area contributed by atoms with Crippen LogP contribution in [0.4, 0.5) is 35.3 Å². The van der Waals surface area contributed by atoms with E-state index in [2.05, 4.69) is 15.1 Å². The Kier molecular flexibility index (Phi) is 5.46. The zero-order chi connectivity index (χ0) is 24.0. The van der Waals surface area contributed by atoms with Crippen LogP contribution in [0.15, 0.2) is 30.3 Å². The highest BCUT2D eigenvalue weighted by Gasteiger charge is 2.23. The number of nitrogen functional groups attached to an aromatic ring is 2. The fraction of sp³-hybridized carbons (Fsp3) is 0.100. The number of benzene rings is 2. The molecule has 0 spiro atoms. The molecule has 13 heteroatoms. The highest BCUT2D eigenvalue weighted by molar-refractivity contribution is 6.31. The molecule has 0 bridgehead atoms. The van der Waals surface area contributed by atoms with Gasteiger partial charge in [-0.15, -0.1) is 0 Å². The molecule has 0 radical (unpaired) electrons. The number of hydrogen-bond donors (Lipinski definition) is 3. The molecule has 0 aliphatic heterocycles. The van der Waals surface area contributed by atoms with Crippen LogP contribution in [0.1, 0.15) is 11.3 Å². The third kappa shape index (κ3) is 3.84. The summed E-state index contributed by atoms with van der Waals surface area (Å²) in [4.78, 5) is 20.2. The third-order valence-corrected chi connectivity index (χ3v) is 5.17. The van der Waals surface area contributed by atoms with Gasteiger partial charge in [0, 0.05) is 29.4 Å². The second-order valence-corrected chi connectivity index (χ2v) is 7.44. The van der Waals surface area contributed by atoms with Gasteiger partial charge in [0.05, 0.1) is 11.2 Å². The lowest BCUT2D eigenvalue weighted by molar-refractivity contribution is 0.203. The number of rotatable bonds is 4. The van der Waals surface area contributed by atoms with Gasteiger partial charge in [0.2, 0.25) is 0 Å². The summed E-state index contributed by atoms with van der Waals surface area (Å²) >= 11 is 6.09. The zero-order valence-electron chi connectivity index (χ0n) is 16.9. The van der Waals surface area contributed by atoms with Crippen molar-refractivity contribution in [1.29, 1.82) is 0 Å². The van der Waals surface area contributed by atoms with Gasteiger partial charge in [-0.1, -0.05) is 11.6 Å². The number of nitrogens with zero attached hydrogens (tertiary/aromatic N) is 5. The van der Waals surface area contributed by atoms with Gasteiger partial charge in [0.25, 0.3) is 5.95 Å². The number of aromatic nitrogens is 4. The van der Waals surface area contributed by atoms with Gasteiger partial charge in [-0.25, -0.2) is 18.0 Å². The summed E-state index contributed by atoms with van der Waals surface area (Å²) in [5.41, 5.74) is 11.7. The molecule has 0 saturated carbocycles. The van der Waals surface area contributed by atoms with E-state index in [-0.39, 0.29) is 29.0 Å². The van der Waals surface area contributed by atoms with Crippen molar-refractivity contribution in [3.63, 3.8) is 0 Å². The number of amides is 1. The van der Waals surface area contributed by atoms with Gasteiger partial charge >= 0.3 is 6.09 Å². The van der Waals surface area contributed by atoms with E-state index in [1.54, 1.807) is 12.1 Å². The standard InChI is InChI=1S/C20H15ClF3N7O2/c1-30(20(32)33)16-17(25)27-19(28-18(16)26)31-14-5-2-8(21)6-10(14)13(29-31)7-9-11(22)3-4-12(23)15(9)24/h2-6H,7H2,1H3,(H,32,33)(H4,25,26,27,28). The fourth-order valence-electron chi connectivity index (χ4n) is 3.35. The van der Waals surface area contributed by atoms with Gasteiger partial charge in [-0.3, -0.25) is 4.90 Å². The first kappa shape index (κ1) is 22.1. The largest absolute Gasteiger partial charge is 0.465 e. The average molecular weight is 478 g/mol. The van der Waals surface area contributed by atoms with Gasteiger partial charge in [-0.2, -0.15) is 19.7 Å². The highest BCUT2D eigenvalue weighted by atomic mass is 35.5. The van der Waals surface area contributed by atoms with Crippen LogP contribution in [0, 0.1) is 17.5 Å². The van der Waals surface area contributed by atoms with E-state index in [4.69, 9.17) is 23.1 Å². The number of carboxylic acid groups (broad SMARTS) is 1. The van der Waals surface area contributed by atoms with E-state index in [9.17, 15) is 23.1 Å². The molecular formula is C20H15ClF3N7O2. The molecule has 170 valence electrons. The van der Waals surface area contributed by atoms with Crippen LogP contribution >= 0.6 is 11.6 Å². The lowest BCUT2D eigenvalue weighted by Crippen LogP contribution is -2.27. The molecule has 2 aromatic heterocycles. The lowest BCUT2D eigenvalue weighted by Gasteiger charge is -2.17. The van der Waals surface area contributed by atoms with Gasteiger partial charge < -0.3 is 16.6 Å². The van der Waals surface area contributed by atoms with Crippen LogP contribution in [0.25, 0.3) is 16.9 Å². The normalized spacial score (nSPS) is 11.2. The predicted molar refractivity (Wildman–Crippen MR) is 116 cm³/mol. The molecule has 2 aromatic carbocycles. The topological polar surface area (TPSA) is 136 Å². The lowest BCUT2D eigenvalue weighted by atomic mass is 10.1. The van der Waals surface area contributed by atoms with E-state index in [0.717, 1.165) is 11.0 Å². The average Bonchev–Trinajstić information content (AvgIpc) is 3.10. The SMILES string of the molecule is CN(C(=O)O)c1c(N)nc(-n2nc(Cc3c(F)ccc(F)c3F)c3cc(Cl)ccc32)nc1N. The third-order valence-electron chi connectivity index (χ3n) is 4.94. The van der Waals surface area contributed by atoms with E-state index < -0.39 is 35.5 Å². The number of nitrogens with two attached hydrogens (primary N) is 2. The maximum Gasteiger partial charge on any atom is 0.411 e. The quantitative estimate of drug-likeness (QED) is 0.381. The second-order valence-electron chi connectivity index (χ2n) is 7.00. The van der Waals surface area contributed by atoms with Gasteiger partial charge in [-0.05, 0) is 30.3 Å². The number of carbonyl (C=O) groups is 1. The molecule has 0 fully saturated rings. The second kappa shape index (κ2) is 8.13. The zero-order valence-corrected chi connectivity index (χ0v) is 17.6. The Morgan fingerprint density at radius 2 is 1.76 bits per heavy atom. The van der Waals surface area contributed by atoms with E-state index in [1.165, 1.54) is 17.8 Å². The Morgan fingerprint density at radius 1 is 1.12 bits per heavy atom. The highest BCUT2D eigenvalue weighted by Crippen LogP contribution is 2.31. The minimum absolute atomic E-state index is 0.116. The number of halogens is 4. The van der Waals surface area contributed by atoms with Crippen molar-refractivity contribution in [2.45, 2.75) is 6.42 Å². The van der Waals surface area contributed by atoms with E-state index >= 15 is 0 Å². The molecule has 33 heavy (non-hydrogen) atoms. The van der Waals surface area contributed by atoms with Crippen molar-refractivity contribution >= 4 is 45.9 Å². The summed E-state index contributed by atoms with van der Waals surface area (Å²) in [5, 5.41) is 14.2. The molecule has 2 heterocycles. The van der Waals surface area contributed by atoms with Crippen LogP contribution in [0.3, 0.4) is 0 Å². The Morgan fingerprint density at radius 3 is 2.39 bits per heavy atom. The van der Waals surface area contributed by atoms with Gasteiger partial charge in [0.1, 0.15) is 11.5 Å². The summed E-state index contributed by atoms with van der Waals surface area (Å²) in [5.74, 6) is -4.05. The Bertz CT molecular complexity index is 1400. The van der Waals surface area contributed by atoms with Crippen LogP contribution in [-0.4, -0.2) is 38.0 Å². The molecule has 0 aliphatic rings. The van der Waals surface area contributed by atoms with Crippen molar-refractivity contribution < 1.29 is 23.1 Å². The van der Waals surface area contributed by atoms with Crippen LogP contribution < -0.4 is 16.4 Å². The molecule has 0 saturated heterocycles. The Balaban J connectivity index is 1.89. The van der Waals surface area contributed by atoms with E-state index in [0.29, 0.717) is 22.0 Å². The van der Waals surface area contributed by atoms with Crippen molar-refractivity contribution in [3.8, 4) is 5.95 Å². The minimum atomic E-state index is -1.33. The van der Waals surface area contributed by atoms with Crippen molar-refractivity contribution in [2.75, 3.05) is 23.4 Å². The maximum atomic E-state index is 14.3. The number of fused-ring (bicyclic) bond motifs is 1. The summed E-state index contributed by atoms with van der Waals surface area (Å²) in [6.45, 7) is 0. The number of anilines is 3. The van der Waals surface area contributed by atoms with Gasteiger partial charge in [0.15, 0.2) is 23.3 Å². The molecule has 5 N–H and O–H groups in total. The minimum Gasteiger partial charge on any atom is -0.465 e. The smallest absolute Gasteiger partial charge is 0.411 e. The summed E-state index contributed by atoms with van der Waals surface area (Å²) in [6.07, 6.45) is -1.73. The molecule has 0 unspecified atom stereocenters. The molecule has 4 aromatic rings. The number of hydrogen-bond acceptors (Lipinski definition) is 6. The Hall–Kier alpha value is -4.06. The fourth-order valence-corrected chi connectivity index (χ4v) is 3.52. The Labute approximate surface area is 189 Å². The first-order valence-corrected chi connectivity index (χ1v) is 9.65. The first-order valence-electron chi connectivity index (χ1n) is 9.28. The molecule has 4 rings (SSSR count).